The van der Waals surface area contributed by atoms with Gasteiger partial charge in [0.25, 0.3) is 17.7 Å². The standard InChI is InChI=1S/C24H25N3O3/c28-22(26-12-9-17-3-1-2-4-19(17)15-26)18-5-6-20-21(13-18)24(30)27(23(20)29)14-16-7-10-25-11-8-16/h5-8,10-11,13,17,19H,1-4,9,12,14-15H2/t17-,19+/m0/s1. The Labute approximate surface area is 175 Å². The molecule has 0 radical (unpaired) electrons. The van der Waals surface area contributed by atoms with Crippen LogP contribution in [0.3, 0.4) is 0 Å². The van der Waals surface area contributed by atoms with Gasteiger partial charge in [0.1, 0.15) is 0 Å². The number of rotatable bonds is 3. The van der Waals surface area contributed by atoms with Crippen LogP contribution in [0.2, 0.25) is 0 Å². The van der Waals surface area contributed by atoms with Crippen LogP contribution >= 0.6 is 0 Å². The number of hydrogen-bond acceptors (Lipinski definition) is 4. The number of benzene rings is 1. The third kappa shape index (κ3) is 3.30. The van der Waals surface area contributed by atoms with Crippen LogP contribution < -0.4 is 0 Å². The summed E-state index contributed by atoms with van der Waals surface area (Å²) in [6, 6.07) is 8.50. The number of amides is 3. The Hall–Kier alpha value is -3.02. The third-order valence-electron chi connectivity index (χ3n) is 6.89. The van der Waals surface area contributed by atoms with Gasteiger partial charge in [0.15, 0.2) is 0 Å². The van der Waals surface area contributed by atoms with Crippen LogP contribution in [0.5, 0.6) is 0 Å². The molecule has 1 aromatic carbocycles. The van der Waals surface area contributed by atoms with Crippen LogP contribution in [0.25, 0.3) is 0 Å². The van der Waals surface area contributed by atoms with Gasteiger partial charge in [-0.25, -0.2) is 0 Å². The Morgan fingerprint density at radius 1 is 0.933 bits per heavy atom. The fourth-order valence-corrected chi connectivity index (χ4v) is 5.21. The van der Waals surface area contributed by atoms with Crippen molar-refractivity contribution < 1.29 is 14.4 Å². The monoisotopic (exact) mass is 403 g/mol. The van der Waals surface area contributed by atoms with Crippen molar-refractivity contribution in [2.75, 3.05) is 13.1 Å². The Morgan fingerprint density at radius 3 is 2.47 bits per heavy atom. The Morgan fingerprint density at radius 2 is 1.67 bits per heavy atom. The van der Waals surface area contributed by atoms with E-state index in [-0.39, 0.29) is 24.3 Å². The molecule has 0 spiro atoms. The Kier molecular flexibility index (Phi) is 4.85. The number of piperidine rings is 1. The van der Waals surface area contributed by atoms with E-state index >= 15 is 0 Å². The lowest BCUT2D eigenvalue weighted by atomic mass is 9.75. The summed E-state index contributed by atoms with van der Waals surface area (Å²) in [7, 11) is 0. The molecule has 3 aliphatic rings. The quantitative estimate of drug-likeness (QED) is 0.735. The maximum atomic E-state index is 13.1. The highest BCUT2D eigenvalue weighted by Crippen LogP contribution is 2.36. The summed E-state index contributed by atoms with van der Waals surface area (Å²) in [5.74, 6) is 0.671. The lowest BCUT2D eigenvalue weighted by Crippen LogP contribution is -2.44. The van der Waals surface area contributed by atoms with Crippen molar-refractivity contribution in [1.82, 2.24) is 14.8 Å². The number of carbonyl (C=O) groups is 3. The van der Waals surface area contributed by atoms with Gasteiger partial charge in [-0.1, -0.05) is 19.3 Å². The van der Waals surface area contributed by atoms with E-state index in [2.05, 4.69) is 4.98 Å². The number of aromatic nitrogens is 1. The maximum Gasteiger partial charge on any atom is 0.261 e. The molecule has 2 fully saturated rings. The predicted molar refractivity (Wildman–Crippen MR) is 111 cm³/mol. The fraction of sp³-hybridized carbons (Fsp3) is 0.417. The highest BCUT2D eigenvalue weighted by Gasteiger charge is 2.37. The number of imide groups is 1. The first-order valence-corrected chi connectivity index (χ1v) is 10.8. The van der Waals surface area contributed by atoms with Crippen LogP contribution in [-0.4, -0.2) is 45.6 Å². The first-order chi connectivity index (χ1) is 14.6. The zero-order valence-electron chi connectivity index (χ0n) is 16.9. The number of carbonyl (C=O) groups excluding carboxylic acids is 3. The second-order valence-corrected chi connectivity index (χ2v) is 8.66. The highest BCUT2D eigenvalue weighted by atomic mass is 16.2. The van der Waals surface area contributed by atoms with Crippen LogP contribution in [0, 0.1) is 11.8 Å². The van der Waals surface area contributed by atoms with Gasteiger partial charge in [0, 0.05) is 31.0 Å². The second kappa shape index (κ2) is 7.67. The van der Waals surface area contributed by atoms with E-state index in [0.717, 1.165) is 31.0 Å². The van der Waals surface area contributed by atoms with E-state index in [1.54, 1.807) is 42.7 Å². The summed E-state index contributed by atoms with van der Waals surface area (Å²) >= 11 is 0. The zero-order valence-corrected chi connectivity index (χ0v) is 16.9. The first-order valence-electron chi connectivity index (χ1n) is 10.8. The molecule has 3 amide bonds. The number of fused-ring (bicyclic) bond motifs is 2. The van der Waals surface area contributed by atoms with E-state index in [1.807, 2.05) is 4.90 Å². The van der Waals surface area contributed by atoms with Crippen molar-refractivity contribution in [3.8, 4) is 0 Å². The molecule has 1 saturated carbocycles. The number of pyridine rings is 1. The molecule has 6 nitrogen and oxygen atoms in total. The number of likely N-dealkylation sites (tertiary alicyclic amines) is 1. The second-order valence-electron chi connectivity index (χ2n) is 8.66. The summed E-state index contributed by atoms with van der Waals surface area (Å²) in [5.41, 5.74) is 2.03. The molecule has 1 aliphatic carbocycles. The van der Waals surface area contributed by atoms with Crippen molar-refractivity contribution in [3.63, 3.8) is 0 Å². The minimum atomic E-state index is -0.340. The van der Waals surface area contributed by atoms with E-state index < -0.39 is 0 Å². The highest BCUT2D eigenvalue weighted by molar-refractivity contribution is 6.22. The molecular formula is C24H25N3O3. The summed E-state index contributed by atoms with van der Waals surface area (Å²) in [4.78, 5) is 45.9. The van der Waals surface area contributed by atoms with E-state index in [1.165, 1.54) is 30.6 Å². The van der Waals surface area contributed by atoms with Crippen LogP contribution in [0.1, 0.15) is 68.7 Å². The van der Waals surface area contributed by atoms with E-state index in [4.69, 9.17) is 0 Å². The molecule has 6 heteroatoms. The average molecular weight is 403 g/mol. The SMILES string of the molecule is O=C(c1ccc2c(c1)C(=O)N(Cc1ccncc1)C2=O)N1CC[C@@H]2CCCC[C@@H]2C1. The van der Waals surface area contributed by atoms with Gasteiger partial charge in [0.05, 0.1) is 17.7 Å². The molecule has 0 unspecified atom stereocenters. The van der Waals surface area contributed by atoms with Crippen LogP contribution in [0.15, 0.2) is 42.7 Å². The zero-order chi connectivity index (χ0) is 20.7. The lowest BCUT2D eigenvalue weighted by molar-refractivity contribution is 0.0520. The molecule has 154 valence electrons. The molecular weight excluding hydrogens is 378 g/mol. The van der Waals surface area contributed by atoms with Crippen molar-refractivity contribution in [3.05, 3.63) is 65.0 Å². The van der Waals surface area contributed by atoms with Gasteiger partial charge in [-0.3, -0.25) is 24.3 Å². The van der Waals surface area contributed by atoms with Crippen LogP contribution in [0.4, 0.5) is 0 Å². The van der Waals surface area contributed by atoms with Gasteiger partial charge in [-0.05, 0) is 60.6 Å². The molecule has 0 bridgehead atoms. The first kappa shape index (κ1) is 19.0. The summed E-state index contributed by atoms with van der Waals surface area (Å²) in [6.07, 6.45) is 9.40. The van der Waals surface area contributed by atoms with E-state index in [9.17, 15) is 14.4 Å². The van der Waals surface area contributed by atoms with Gasteiger partial charge < -0.3 is 4.90 Å². The fourth-order valence-electron chi connectivity index (χ4n) is 5.21. The van der Waals surface area contributed by atoms with Crippen molar-refractivity contribution in [1.29, 1.82) is 0 Å². The summed E-state index contributed by atoms with van der Waals surface area (Å²) in [5, 5.41) is 0. The summed E-state index contributed by atoms with van der Waals surface area (Å²) in [6.45, 7) is 1.78. The molecule has 2 atom stereocenters. The topological polar surface area (TPSA) is 70.6 Å². The van der Waals surface area contributed by atoms with Crippen molar-refractivity contribution >= 4 is 17.7 Å². The smallest absolute Gasteiger partial charge is 0.261 e. The normalized spacial score (nSPS) is 23.3. The maximum absolute atomic E-state index is 13.1. The van der Waals surface area contributed by atoms with E-state index in [0.29, 0.717) is 22.6 Å². The van der Waals surface area contributed by atoms with Gasteiger partial charge in [-0.15, -0.1) is 0 Å². The molecule has 2 aliphatic heterocycles. The molecule has 1 saturated heterocycles. The number of hydrogen-bond donors (Lipinski definition) is 0. The molecule has 0 N–H and O–H groups in total. The minimum Gasteiger partial charge on any atom is -0.338 e. The van der Waals surface area contributed by atoms with Gasteiger partial charge in [-0.2, -0.15) is 0 Å². The molecule has 1 aromatic heterocycles. The molecule has 30 heavy (non-hydrogen) atoms. The van der Waals surface area contributed by atoms with Crippen molar-refractivity contribution in [2.45, 2.75) is 38.6 Å². The Balaban J connectivity index is 1.34. The molecule has 3 heterocycles. The third-order valence-corrected chi connectivity index (χ3v) is 6.89. The lowest BCUT2D eigenvalue weighted by Gasteiger charge is -2.41. The Bertz CT molecular complexity index is 1000. The van der Waals surface area contributed by atoms with Gasteiger partial charge in [0.2, 0.25) is 0 Å². The van der Waals surface area contributed by atoms with Crippen LogP contribution in [-0.2, 0) is 6.54 Å². The largest absolute Gasteiger partial charge is 0.338 e. The number of nitrogens with zero attached hydrogens (tertiary/aromatic N) is 3. The molecule has 5 rings (SSSR count). The van der Waals surface area contributed by atoms with Crippen molar-refractivity contribution in [2.24, 2.45) is 11.8 Å². The minimum absolute atomic E-state index is 0.0327. The van der Waals surface area contributed by atoms with Gasteiger partial charge >= 0.3 is 0 Å². The predicted octanol–water partition coefficient (Wildman–Crippen LogP) is 3.53. The summed E-state index contributed by atoms with van der Waals surface area (Å²) < 4.78 is 0. The molecule has 2 aromatic rings. The average Bonchev–Trinajstić information content (AvgIpc) is 3.03.